The molecular formula is C24H24N6O5S2. The van der Waals surface area contributed by atoms with Crippen molar-refractivity contribution in [1.82, 2.24) is 25.6 Å². The minimum Gasteiger partial charge on any atom is -0.467 e. The average Bonchev–Trinajstić information content (AvgIpc) is 3.51. The number of sulfonamides is 1. The number of carbonyl (C=O) groups is 2. The van der Waals surface area contributed by atoms with E-state index in [4.69, 9.17) is 4.42 Å². The van der Waals surface area contributed by atoms with E-state index in [1.807, 2.05) is 19.1 Å². The Bertz CT molecular complexity index is 1500. The van der Waals surface area contributed by atoms with Gasteiger partial charge in [0.05, 0.1) is 24.8 Å². The third-order valence-electron chi connectivity index (χ3n) is 4.99. The number of nitrogens with zero attached hydrogens (tertiary/aromatic N) is 3. The lowest BCUT2D eigenvalue weighted by Gasteiger charge is -2.10. The molecule has 0 bridgehead atoms. The normalized spacial score (nSPS) is 11.2. The molecule has 0 atom stereocenters. The van der Waals surface area contributed by atoms with Gasteiger partial charge in [-0.25, -0.2) is 8.42 Å². The quantitative estimate of drug-likeness (QED) is 0.217. The molecule has 192 valence electrons. The van der Waals surface area contributed by atoms with Crippen LogP contribution in [0, 0.1) is 6.92 Å². The number of nitrogens with one attached hydrogen (secondary N) is 3. The summed E-state index contributed by atoms with van der Waals surface area (Å²) in [6, 6.07) is 17.3. The van der Waals surface area contributed by atoms with Gasteiger partial charge >= 0.3 is 0 Å². The molecule has 0 aliphatic heterocycles. The predicted molar refractivity (Wildman–Crippen MR) is 139 cm³/mol. The Hall–Kier alpha value is -4.10. The van der Waals surface area contributed by atoms with Crippen molar-refractivity contribution >= 4 is 39.3 Å². The number of carbonyl (C=O) groups excluding carboxylic acids is 2. The second kappa shape index (κ2) is 11.3. The van der Waals surface area contributed by atoms with Crippen LogP contribution in [0.5, 0.6) is 0 Å². The Labute approximate surface area is 217 Å². The molecule has 0 unspecified atom stereocenters. The summed E-state index contributed by atoms with van der Waals surface area (Å²) in [4.78, 5) is 24.7. The van der Waals surface area contributed by atoms with E-state index in [-0.39, 0.29) is 5.75 Å². The maximum absolute atomic E-state index is 12.4. The molecule has 4 rings (SSSR count). The van der Waals surface area contributed by atoms with E-state index in [0.717, 1.165) is 23.6 Å². The first-order valence-corrected chi connectivity index (χ1v) is 13.9. The monoisotopic (exact) mass is 540 g/mol. The number of hydrogen-bond acceptors (Lipinski definition) is 8. The number of hydrazine groups is 1. The van der Waals surface area contributed by atoms with Crippen LogP contribution in [0.2, 0.25) is 0 Å². The second-order valence-electron chi connectivity index (χ2n) is 8.08. The van der Waals surface area contributed by atoms with Crippen LogP contribution >= 0.6 is 11.8 Å². The average molecular weight is 541 g/mol. The second-order valence-corrected chi connectivity index (χ2v) is 10.8. The minimum atomic E-state index is -3.40. The number of furan rings is 1. The number of aromatic nitrogens is 3. The van der Waals surface area contributed by atoms with E-state index in [1.54, 1.807) is 59.4 Å². The molecule has 37 heavy (non-hydrogen) atoms. The first-order chi connectivity index (χ1) is 17.7. The van der Waals surface area contributed by atoms with Crippen LogP contribution in [0.25, 0.3) is 11.4 Å². The van der Waals surface area contributed by atoms with Gasteiger partial charge in [-0.15, -0.1) is 10.2 Å². The van der Waals surface area contributed by atoms with Crippen LogP contribution in [0.4, 0.5) is 5.69 Å². The SMILES string of the molecule is Cc1cccc(C(=O)NNC(=O)CSc2nnc(-c3ccc(NS(C)(=O)=O)cc3)n2Cc2ccco2)c1. The van der Waals surface area contributed by atoms with Crippen molar-refractivity contribution in [2.75, 3.05) is 16.7 Å². The molecule has 0 saturated heterocycles. The zero-order valence-corrected chi connectivity index (χ0v) is 21.6. The van der Waals surface area contributed by atoms with Gasteiger partial charge in [-0.3, -0.25) is 29.7 Å². The number of benzene rings is 2. The molecular weight excluding hydrogens is 516 g/mol. The smallest absolute Gasteiger partial charge is 0.269 e. The Balaban J connectivity index is 1.45. The van der Waals surface area contributed by atoms with E-state index in [9.17, 15) is 18.0 Å². The van der Waals surface area contributed by atoms with Crippen molar-refractivity contribution in [3.63, 3.8) is 0 Å². The largest absolute Gasteiger partial charge is 0.467 e. The zero-order valence-electron chi connectivity index (χ0n) is 20.0. The maximum Gasteiger partial charge on any atom is 0.269 e. The molecule has 2 heterocycles. The van der Waals surface area contributed by atoms with Gasteiger partial charge in [-0.2, -0.15) is 0 Å². The molecule has 11 nitrogen and oxygen atoms in total. The van der Waals surface area contributed by atoms with E-state index >= 15 is 0 Å². The number of hydrogen-bond donors (Lipinski definition) is 3. The van der Waals surface area contributed by atoms with Crippen LogP contribution in [-0.2, 0) is 21.4 Å². The van der Waals surface area contributed by atoms with Gasteiger partial charge in [0.1, 0.15) is 5.76 Å². The highest BCUT2D eigenvalue weighted by atomic mass is 32.2. The zero-order chi connectivity index (χ0) is 26.4. The summed E-state index contributed by atoms with van der Waals surface area (Å²) in [5.41, 5.74) is 7.30. The van der Waals surface area contributed by atoms with Gasteiger partial charge in [-0.1, -0.05) is 29.5 Å². The number of thioether (sulfide) groups is 1. The van der Waals surface area contributed by atoms with Crippen molar-refractivity contribution in [2.45, 2.75) is 18.6 Å². The summed E-state index contributed by atoms with van der Waals surface area (Å²) < 4.78 is 32.7. The van der Waals surface area contributed by atoms with Gasteiger partial charge < -0.3 is 4.42 Å². The molecule has 2 aromatic carbocycles. The molecule has 0 spiro atoms. The number of rotatable bonds is 9. The Morgan fingerprint density at radius 3 is 2.49 bits per heavy atom. The molecule has 0 saturated carbocycles. The van der Waals surface area contributed by atoms with Gasteiger partial charge in [0.2, 0.25) is 15.9 Å². The Morgan fingerprint density at radius 1 is 1.03 bits per heavy atom. The third kappa shape index (κ3) is 7.21. The fourth-order valence-electron chi connectivity index (χ4n) is 3.36. The molecule has 0 radical (unpaired) electrons. The van der Waals surface area contributed by atoms with Crippen molar-refractivity contribution in [3.05, 3.63) is 83.8 Å². The lowest BCUT2D eigenvalue weighted by molar-refractivity contribution is -0.119. The van der Waals surface area contributed by atoms with Crippen LogP contribution in [0.1, 0.15) is 21.7 Å². The molecule has 13 heteroatoms. The molecule has 4 aromatic rings. The van der Waals surface area contributed by atoms with E-state index < -0.39 is 21.8 Å². The summed E-state index contributed by atoms with van der Waals surface area (Å²) >= 11 is 1.15. The summed E-state index contributed by atoms with van der Waals surface area (Å²) in [5.74, 6) is 0.309. The van der Waals surface area contributed by atoms with Crippen LogP contribution in [0.15, 0.2) is 76.5 Å². The van der Waals surface area contributed by atoms with E-state index in [0.29, 0.717) is 40.1 Å². The van der Waals surface area contributed by atoms with Gasteiger partial charge in [0, 0.05) is 16.8 Å². The first-order valence-electron chi connectivity index (χ1n) is 11.0. The Kier molecular flexibility index (Phi) is 7.94. The fraction of sp³-hybridized carbons (Fsp3) is 0.167. The highest BCUT2D eigenvalue weighted by Gasteiger charge is 2.18. The number of anilines is 1. The van der Waals surface area contributed by atoms with Crippen molar-refractivity contribution in [2.24, 2.45) is 0 Å². The number of aryl methyl sites for hydroxylation is 1. The third-order valence-corrected chi connectivity index (χ3v) is 6.56. The molecule has 0 fully saturated rings. The minimum absolute atomic E-state index is 0.0262. The molecule has 2 aromatic heterocycles. The van der Waals surface area contributed by atoms with E-state index in [2.05, 4.69) is 25.8 Å². The van der Waals surface area contributed by atoms with Gasteiger partial charge in [0.25, 0.3) is 5.91 Å². The summed E-state index contributed by atoms with van der Waals surface area (Å²) in [6.45, 7) is 2.19. The first kappa shape index (κ1) is 26.0. The van der Waals surface area contributed by atoms with Gasteiger partial charge in [0.15, 0.2) is 11.0 Å². The molecule has 2 amide bonds. The number of amides is 2. The fourth-order valence-corrected chi connectivity index (χ4v) is 4.66. The van der Waals surface area contributed by atoms with Gasteiger partial charge in [-0.05, 0) is 55.5 Å². The highest BCUT2D eigenvalue weighted by Crippen LogP contribution is 2.26. The Morgan fingerprint density at radius 2 is 1.81 bits per heavy atom. The standard InChI is InChI=1S/C24H24N6O5S2/c1-16-5-3-6-18(13-16)23(32)27-25-21(31)15-36-24-28-26-22(30(24)14-20-7-4-12-35-20)17-8-10-19(11-9-17)29-37(2,33)34/h3-13,29H,14-15H2,1-2H3,(H,25,31)(H,27,32). The summed E-state index contributed by atoms with van der Waals surface area (Å²) in [7, 11) is -3.40. The van der Waals surface area contributed by atoms with Crippen LogP contribution in [-0.4, -0.2) is 47.0 Å². The van der Waals surface area contributed by atoms with Crippen LogP contribution < -0.4 is 15.6 Å². The summed E-state index contributed by atoms with van der Waals surface area (Å²) in [5, 5.41) is 8.98. The maximum atomic E-state index is 12.4. The predicted octanol–water partition coefficient (Wildman–Crippen LogP) is 2.82. The topological polar surface area (TPSA) is 148 Å². The lowest BCUT2D eigenvalue weighted by atomic mass is 10.1. The summed E-state index contributed by atoms with van der Waals surface area (Å²) in [6.07, 6.45) is 2.64. The van der Waals surface area contributed by atoms with E-state index in [1.165, 1.54) is 0 Å². The molecule has 3 N–H and O–H groups in total. The lowest BCUT2D eigenvalue weighted by Crippen LogP contribution is -2.42. The van der Waals surface area contributed by atoms with Crippen molar-refractivity contribution < 1.29 is 22.4 Å². The van der Waals surface area contributed by atoms with Crippen LogP contribution in [0.3, 0.4) is 0 Å². The molecule has 0 aliphatic carbocycles. The molecule has 0 aliphatic rings. The van der Waals surface area contributed by atoms with Crippen molar-refractivity contribution in [1.29, 1.82) is 0 Å². The highest BCUT2D eigenvalue weighted by molar-refractivity contribution is 7.99. The van der Waals surface area contributed by atoms with Crippen molar-refractivity contribution in [3.8, 4) is 11.4 Å².